The van der Waals surface area contributed by atoms with E-state index in [4.69, 9.17) is 4.74 Å². The van der Waals surface area contributed by atoms with E-state index >= 15 is 0 Å². The zero-order valence-corrected chi connectivity index (χ0v) is 14.4. The van der Waals surface area contributed by atoms with Crippen LogP contribution in [0.4, 0.5) is 0 Å². The molecule has 128 valence electrons. The number of piperidine rings is 1. The summed E-state index contributed by atoms with van der Waals surface area (Å²) < 4.78 is 5.14. The average Bonchev–Trinajstić information content (AvgIpc) is 2.69. The van der Waals surface area contributed by atoms with Crippen LogP contribution in [0.1, 0.15) is 24.0 Å². The van der Waals surface area contributed by atoms with Crippen molar-refractivity contribution in [2.45, 2.75) is 24.7 Å². The SMILES string of the molecule is COc1ccc(CC(=O)N2CCC(C#N)(c3ccccc3)CC2)cc1. The Hall–Kier alpha value is -2.80. The molecule has 0 unspecified atom stereocenters. The van der Waals surface area contributed by atoms with Gasteiger partial charge in [-0.25, -0.2) is 0 Å². The Labute approximate surface area is 148 Å². The lowest BCUT2D eigenvalue weighted by Gasteiger charge is -2.37. The number of carbonyl (C=O) groups excluding carboxylic acids is 1. The summed E-state index contributed by atoms with van der Waals surface area (Å²) in [6.07, 6.45) is 1.75. The van der Waals surface area contributed by atoms with Crippen LogP contribution in [0.15, 0.2) is 54.6 Å². The molecule has 0 atom stereocenters. The smallest absolute Gasteiger partial charge is 0.226 e. The van der Waals surface area contributed by atoms with Crippen LogP contribution in [0.3, 0.4) is 0 Å². The minimum absolute atomic E-state index is 0.116. The summed E-state index contributed by atoms with van der Waals surface area (Å²) in [4.78, 5) is 14.4. The second-order valence-corrected chi connectivity index (χ2v) is 6.47. The summed E-state index contributed by atoms with van der Waals surface area (Å²) >= 11 is 0. The number of likely N-dealkylation sites (tertiary alicyclic amines) is 1. The number of carbonyl (C=O) groups is 1. The van der Waals surface area contributed by atoms with Crippen LogP contribution >= 0.6 is 0 Å². The number of amides is 1. The molecule has 2 aromatic carbocycles. The molecule has 0 aromatic heterocycles. The standard InChI is InChI=1S/C21H22N2O2/c1-25-19-9-7-17(8-10-19)15-20(24)23-13-11-21(16-22,12-14-23)18-5-3-2-4-6-18/h2-10H,11-15H2,1H3. The van der Waals surface area contributed by atoms with Gasteiger partial charge in [0.05, 0.1) is 25.0 Å². The minimum atomic E-state index is -0.474. The fourth-order valence-electron chi connectivity index (χ4n) is 3.39. The van der Waals surface area contributed by atoms with E-state index in [0.717, 1.165) is 16.9 Å². The van der Waals surface area contributed by atoms with Crippen molar-refractivity contribution in [2.75, 3.05) is 20.2 Å². The highest BCUT2D eigenvalue weighted by molar-refractivity contribution is 5.79. The molecule has 0 spiro atoms. The highest BCUT2D eigenvalue weighted by Crippen LogP contribution is 2.35. The maximum Gasteiger partial charge on any atom is 0.226 e. The number of benzene rings is 2. The number of methoxy groups -OCH3 is 1. The maximum atomic E-state index is 12.6. The molecular weight excluding hydrogens is 312 g/mol. The third-order valence-corrected chi connectivity index (χ3v) is 5.02. The predicted octanol–water partition coefficient (Wildman–Crippen LogP) is 3.32. The molecule has 4 heteroatoms. The Morgan fingerprint density at radius 1 is 1.12 bits per heavy atom. The van der Waals surface area contributed by atoms with E-state index in [1.807, 2.05) is 59.5 Å². The fourth-order valence-corrected chi connectivity index (χ4v) is 3.39. The van der Waals surface area contributed by atoms with Crippen LogP contribution in [0.5, 0.6) is 5.75 Å². The molecule has 1 fully saturated rings. The molecule has 0 aliphatic carbocycles. The lowest BCUT2D eigenvalue weighted by molar-refractivity contribution is -0.131. The third kappa shape index (κ3) is 3.66. The average molecular weight is 334 g/mol. The highest BCUT2D eigenvalue weighted by Gasteiger charge is 2.37. The van der Waals surface area contributed by atoms with Gasteiger partial charge in [-0.05, 0) is 36.1 Å². The first-order valence-electron chi connectivity index (χ1n) is 8.54. The quantitative estimate of drug-likeness (QED) is 0.862. The zero-order chi connectivity index (χ0) is 17.7. The van der Waals surface area contributed by atoms with Gasteiger partial charge >= 0.3 is 0 Å². The molecule has 0 saturated carbocycles. The lowest BCUT2D eigenvalue weighted by atomic mass is 9.74. The van der Waals surface area contributed by atoms with Crippen LogP contribution in [-0.2, 0) is 16.6 Å². The third-order valence-electron chi connectivity index (χ3n) is 5.02. The number of rotatable bonds is 4. The van der Waals surface area contributed by atoms with Crippen LogP contribution in [0.25, 0.3) is 0 Å². The number of nitriles is 1. The molecule has 4 nitrogen and oxygen atoms in total. The molecule has 1 heterocycles. The number of ether oxygens (including phenoxy) is 1. The van der Waals surface area contributed by atoms with Crippen LogP contribution < -0.4 is 4.74 Å². The fraction of sp³-hybridized carbons (Fsp3) is 0.333. The molecule has 1 amide bonds. The van der Waals surface area contributed by atoms with Gasteiger partial charge in [0, 0.05) is 13.1 Å². The summed E-state index contributed by atoms with van der Waals surface area (Å²) in [5, 5.41) is 9.74. The molecule has 0 bridgehead atoms. The minimum Gasteiger partial charge on any atom is -0.497 e. The zero-order valence-electron chi connectivity index (χ0n) is 14.4. The monoisotopic (exact) mass is 334 g/mol. The van der Waals surface area contributed by atoms with E-state index < -0.39 is 5.41 Å². The van der Waals surface area contributed by atoms with Gasteiger partial charge in [-0.1, -0.05) is 42.5 Å². The molecule has 0 radical (unpaired) electrons. The maximum absolute atomic E-state index is 12.6. The lowest BCUT2D eigenvalue weighted by Crippen LogP contribution is -2.45. The van der Waals surface area contributed by atoms with Gasteiger partial charge < -0.3 is 9.64 Å². The second kappa shape index (κ2) is 7.40. The summed E-state index contributed by atoms with van der Waals surface area (Å²) in [6.45, 7) is 1.24. The van der Waals surface area contributed by atoms with Gasteiger partial charge in [-0.3, -0.25) is 4.79 Å². The van der Waals surface area contributed by atoms with Gasteiger partial charge in [-0.2, -0.15) is 5.26 Å². The number of hydrogen-bond acceptors (Lipinski definition) is 3. The molecule has 3 rings (SSSR count). The molecular formula is C21H22N2O2. The molecule has 1 saturated heterocycles. The van der Waals surface area contributed by atoms with Crippen LogP contribution in [0, 0.1) is 11.3 Å². The van der Waals surface area contributed by atoms with E-state index in [1.54, 1.807) is 7.11 Å². The Bertz CT molecular complexity index is 755. The predicted molar refractivity (Wildman–Crippen MR) is 96.2 cm³/mol. The van der Waals surface area contributed by atoms with E-state index in [2.05, 4.69) is 6.07 Å². The summed E-state index contributed by atoms with van der Waals surface area (Å²) in [5.74, 6) is 0.903. The number of hydrogen-bond donors (Lipinski definition) is 0. The van der Waals surface area contributed by atoms with Crippen molar-refractivity contribution in [1.29, 1.82) is 5.26 Å². The highest BCUT2D eigenvalue weighted by atomic mass is 16.5. The van der Waals surface area contributed by atoms with Crippen LogP contribution in [-0.4, -0.2) is 31.0 Å². The first-order chi connectivity index (χ1) is 12.2. The first kappa shape index (κ1) is 17.0. The molecule has 1 aliphatic heterocycles. The van der Waals surface area contributed by atoms with Gasteiger partial charge in [0.2, 0.25) is 5.91 Å². The van der Waals surface area contributed by atoms with E-state index in [9.17, 15) is 10.1 Å². The van der Waals surface area contributed by atoms with Crippen molar-refractivity contribution in [3.63, 3.8) is 0 Å². The second-order valence-electron chi connectivity index (χ2n) is 6.47. The number of nitrogens with zero attached hydrogens (tertiary/aromatic N) is 2. The van der Waals surface area contributed by atoms with Crippen molar-refractivity contribution in [3.05, 3.63) is 65.7 Å². The van der Waals surface area contributed by atoms with Crippen molar-refractivity contribution in [3.8, 4) is 11.8 Å². The van der Waals surface area contributed by atoms with Crippen molar-refractivity contribution < 1.29 is 9.53 Å². The van der Waals surface area contributed by atoms with Gasteiger partial charge in [0.1, 0.15) is 5.75 Å². The molecule has 2 aromatic rings. The van der Waals surface area contributed by atoms with Gasteiger partial charge in [0.15, 0.2) is 0 Å². The van der Waals surface area contributed by atoms with Crippen LogP contribution in [0.2, 0.25) is 0 Å². The normalized spacial score (nSPS) is 16.1. The van der Waals surface area contributed by atoms with Crippen molar-refractivity contribution in [1.82, 2.24) is 4.90 Å². The Kier molecular flexibility index (Phi) is 5.04. The van der Waals surface area contributed by atoms with Crippen molar-refractivity contribution in [2.24, 2.45) is 0 Å². The Morgan fingerprint density at radius 3 is 2.32 bits per heavy atom. The van der Waals surface area contributed by atoms with E-state index in [1.165, 1.54) is 0 Å². The first-order valence-corrected chi connectivity index (χ1v) is 8.54. The summed E-state index contributed by atoms with van der Waals surface area (Å²) in [7, 11) is 1.63. The molecule has 25 heavy (non-hydrogen) atoms. The molecule has 0 N–H and O–H groups in total. The largest absolute Gasteiger partial charge is 0.497 e. The van der Waals surface area contributed by atoms with Gasteiger partial charge in [0.25, 0.3) is 0 Å². The molecule has 1 aliphatic rings. The van der Waals surface area contributed by atoms with E-state index in [-0.39, 0.29) is 5.91 Å². The Morgan fingerprint density at radius 2 is 1.76 bits per heavy atom. The van der Waals surface area contributed by atoms with E-state index in [0.29, 0.717) is 32.4 Å². The Balaban J connectivity index is 1.63. The summed E-state index contributed by atoms with van der Waals surface area (Å²) in [6, 6.07) is 20.0. The van der Waals surface area contributed by atoms with Crippen molar-refractivity contribution >= 4 is 5.91 Å². The summed E-state index contributed by atoms with van der Waals surface area (Å²) in [5.41, 5.74) is 1.56. The topological polar surface area (TPSA) is 53.3 Å². The van der Waals surface area contributed by atoms with Gasteiger partial charge in [-0.15, -0.1) is 0 Å².